The zero-order valence-electron chi connectivity index (χ0n) is 9.33. The van der Waals surface area contributed by atoms with E-state index in [-0.39, 0.29) is 12.8 Å². The third kappa shape index (κ3) is 2.52. The van der Waals surface area contributed by atoms with E-state index in [1.54, 1.807) is 0 Å². The summed E-state index contributed by atoms with van der Waals surface area (Å²) in [5, 5.41) is 0. The number of Topliss-reactive ketones (excluding diaryl/α,β-unsaturated/α-hetero) is 1. The molecule has 16 heavy (non-hydrogen) atoms. The number of benzene rings is 1. The molecule has 1 saturated carbocycles. The van der Waals surface area contributed by atoms with Gasteiger partial charge in [-0.25, -0.2) is 0 Å². The van der Waals surface area contributed by atoms with Crippen LogP contribution in [0.5, 0.6) is 0 Å². The molecule has 88 valence electrons. The Morgan fingerprint density at radius 3 is 2.19 bits per heavy atom. The van der Waals surface area contributed by atoms with Gasteiger partial charge in [0.15, 0.2) is 5.78 Å². The first kappa shape index (κ1) is 13.0. The second-order valence-electron chi connectivity index (χ2n) is 4.82. The van der Waals surface area contributed by atoms with Crippen molar-refractivity contribution in [2.24, 2.45) is 5.41 Å². The molecular weight excluding hydrogens is 196 g/mol. The molecule has 1 aliphatic carbocycles. The van der Waals surface area contributed by atoms with Gasteiger partial charge in [0.25, 0.3) is 0 Å². The van der Waals surface area contributed by atoms with Gasteiger partial charge in [-0.1, -0.05) is 63.9 Å². The van der Waals surface area contributed by atoms with E-state index in [1.165, 1.54) is 19.3 Å². The topological polar surface area (TPSA) is 17.1 Å². The molecule has 0 saturated heterocycles. The van der Waals surface area contributed by atoms with Crippen LogP contribution in [0.1, 0.15) is 56.8 Å². The molecule has 0 N–H and O–H groups in total. The minimum absolute atomic E-state index is 0. The largest absolute Gasteiger partial charge is 0.294 e. The van der Waals surface area contributed by atoms with Crippen LogP contribution in [0.2, 0.25) is 0 Å². The van der Waals surface area contributed by atoms with Crippen LogP contribution in [0.4, 0.5) is 0 Å². The fourth-order valence-corrected chi connectivity index (χ4v) is 2.50. The van der Waals surface area contributed by atoms with Gasteiger partial charge >= 0.3 is 0 Å². The van der Waals surface area contributed by atoms with E-state index in [0.717, 1.165) is 18.4 Å². The third-order valence-electron chi connectivity index (χ3n) is 3.54. The molecule has 0 atom stereocenters. The molecule has 0 spiro atoms. The maximum Gasteiger partial charge on any atom is 0.168 e. The molecule has 0 amide bonds. The van der Waals surface area contributed by atoms with E-state index in [1.807, 2.05) is 30.3 Å². The van der Waals surface area contributed by atoms with Crippen molar-refractivity contribution in [3.8, 4) is 0 Å². The van der Waals surface area contributed by atoms with Crippen LogP contribution in [0, 0.1) is 5.41 Å². The van der Waals surface area contributed by atoms with Crippen molar-refractivity contribution < 1.29 is 4.79 Å². The van der Waals surface area contributed by atoms with Crippen molar-refractivity contribution in [3.63, 3.8) is 0 Å². The zero-order chi connectivity index (χ0) is 10.7. The maximum absolute atomic E-state index is 12.3. The Kier molecular flexibility index (Phi) is 4.28. The second-order valence-corrected chi connectivity index (χ2v) is 4.82. The van der Waals surface area contributed by atoms with Gasteiger partial charge in [0.2, 0.25) is 0 Å². The van der Waals surface area contributed by atoms with E-state index in [2.05, 4.69) is 6.92 Å². The summed E-state index contributed by atoms with van der Waals surface area (Å²) in [5.74, 6) is 0.336. The Hall–Kier alpha value is -1.11. The third-order valence-corrected chi connectivity index (χ3v) is 3.54. The number of hydrogen-bond donors (Lipinski definition) is 0. The van der Waals surface area contributed by atoms with Crippen molar-refractivity contribution in [2.75, 3.05) is 0 Å². The van der Waals surface area contributed by atoms with Crippen molar-refractivity contribution in [3.05, 3.63) is 35.9 Å². The Bertz CT molecular complexity index is 334. The van der Waals surface area contributed by atoms with Crippen molar-refractivity contribution in [2.45, 2.75) is 46.5 Å². The smallest absolute Gasteiger partial charge is 0.168 e. The lowest BCUT2D eigenvalue weighted by atomic mass is 9.71. The summed E-state index contributed by atoms with van der Waals surface area (Å²) in [6, 6.07) is 9.71. The number of rotatable bonds is 2. The molecule has 2 rings (SSSR count). The van der Waals surface area contributed by atoms with Crippen LogP contribution < -0.4 is 0 Å². The van der Waals surface area contributed by atoms with E-state index in [0.29, 0.717) is 5.78 Å². The van der Waals surface area contributed by atoms with E-state index < -0.39 is 0 Å². The predicted molar refractivity (Wildman–Crippen MR) is 68.7 cm³/mol. The minimum Gasteiger partial charge on any atom is -0.294 e. The van der Waals surface area contributed by atoms with Crippen molar-refractivity contribution in [1.29, 1.82) is 0 Å². The standard InChI is InChI=1S/C14H18O.CH4/c1-14(10-6-3-7-11-14)13(15)12-8-4-2-5-9-12;/h2,4-5,8-9H,3,6-7,10-11H2,1H3;1H4. The minimum atomic E-state index is -0.0976. The van der Waals surface area contributed by atoms with E-state index >= 15 is 0 Å². The van der Waals surface area contributed by atoms with Crippen LogP contribution in [0.15, 0.2) is 30.3 Å². The van der Waals surface area contributed by atoms with Crippen LogP contribution >= 0.6 is 0 Å². The Morgan fingerprint density at radius 1 is 1.06 bits per heavy atom. The summed E-state index contributed by atoms with van der Waals surface area (Å²) >= 11 is 0. The van der Waals surface area contributed by atoms with Gasteiger partial charge < -0.3 is 0 Å². The Labute approximate surface area is 98.9 Å². The molecule has 1 aromatic rings. The quantitative estimate of drug-likeness (QED) is 0.669. The second kappa shape index (κ2) is 5.29. The molecule has 0 aromatic heterocycles. The molecule has 0 radical (unpaired) electrons. The molecule has 1 heteroatoms. The summed E-state index contributed by atoms with van der Waals surface area (Å²) < 4.78 is 0. The monoisotopic (exact) mass is 218 g/mol. The van der Waals surface area contributed by atoms with Gasteiger partial charge in [-0.15, -0.1) is 0 Å². The average molecular weight is 218 g/mol. The van der Waals surface area contributed by atoms with Gasteiger partial charge in [0, 0.05) is 11.0 Å². The van der Waals surface area contributed by atoms with Crippen molar-refractivity contribution >= 4 is 5.78 Å². The van der Waals surface area contributed by atoms with Gasteiger partial charge in [0.1, 0.15) is 0 Å². The highest BCUT2D eigenvalue weighted by Gasteiger charge is 2.34. The highest BCUT2D eigenvalue weighted by molar-refractivity contribution is 6.00. The highest BCUT2D eigenvalue weighted by Crippen LogP contribution is 2.38. The van der Waals surface area contributed by atoms with Crippen LogP contribution in [0.3, 0.4) is 0 Å². The van der Waals surface area contributed by atoms with Crippen LogP contribution in [-0.4, -0.2) is 5.78 Å². The summed E-state index contributed by atoms with van der Waals surface area (Å²) in [4.78, 5) is 12.3. The number of ketones is 1. The Morgan fingerprint density at radius 2 is 1.62 bits per heavy atom. The van der Waals surface area contributed by atoms with Crippen LogP contribution in [-0.2, 0) is 0 Å². The molecule has 1 fully saturated rings. The number of carbonyl (C=O) groups is 1. The van der Waals surface area contributed by atoms with Crippen molar-refractivity contribution in [1.82, 2.24) is 0 Å². The van der Waals surface area contributed by atoms with Crippen LogP contribution in [0.25, 0.3) is 0 Å². The molecule has 1 aromatic carbocycles. The normalized spacial score (nSPS) is 18.6. The Balaban J connectivity index is 0.00000128. The molecule has 1 aliphatic rings. The molecule has 1 nitrogen and oxygen atoms in total. The predicted octanol–water partition coefficient (Wildman–Crippen LogP) is 4.48. The molecule has 0 unspecified atom stereocenters. The summed E-state index contributed by atoms with van der Waals surface area (Å²) in [7, 11) is 0. The van der Waals surface area contributed by atoms with Gasteiger partial charge in [-0.3, -0.25) is 4.79 Å². The molecular formula is C15H22O. The summed E-state index contributed by atoms with van der Waals surface area (Å²) in [5.41, 5.74) is 0.779. The SMILES string of the molecule is C.CC1(C(=O)c2ccccc2)CCCCC1. The van der Waals surface area contributed by atoms with Gasteiger partial charge in [-0.2, -0.15) is 0 Å². The first-order valence-electron chi connectivity index (χ1n) is 5.82. The lowest BCUT2D eigenvalue weighted by Gasteiger charge is -2.32. The first-order chi connectivity index (χ1) is 7.22. The lowest BCUT2D eigenvalue weighted by Crippen LogP contribution is -2.30. The highest BCUT2D eigenvalue weighted by atomic mass is 16.1. The fraction of sp³-hybridized carbons (Fsp3) is 0.533. The summed E-state index contributed by atoms with van der Waals surface area (Å²) in [6.45, 7) is 2.13. The molecule has 0 aliphatic heterocycles. The van der Waals surface area contributed by atoms with E-state index in [9.17, 15) is 4.79 Å². The molecule has 0 heterocycles. The van der Waals surface area contributed by atoms with Gasteiger partial charge in [0.05, 0.1) is 0 Å². The molecule has 0 bridgehead atoms. The lowest BCUT2D eigenvalue weighted by molar-refractivity contribution is 0.0749. The zero-order valence-corrected chi connectivity index (χ0v) is 9.33. The fourth-order valence-electron chi connectivity index (χ4n) is 2.50. The average Bonchev–Trinajstić information content (AvgIpc) is 2.30. The maximum atomic E-state index is 12.3. The van der Waals surface area contributed by atoms with Gasteiger partial charge in [-0.05, 0) is 12.8 Å². The number of hydrogen-bond acceptors (Lipinski definition) is 1. The first-order valence-corrected chi connectivity index (χ1v) is 5.82. The summed E-state index contributed by atoms with van der Waals surface area (Å²) in [6.07, 6.45) is 5.81. The number of carbonyl (C=O) groups excluding carboxylic acids is 1. The van der Waals surface area contributed by atoms with E-state index in [4.69, 9.17) is 0 Å².